The lowest BCUT2D eigenvalue weighted by Gasteiger charge is -2.34. The highest BCUT2D eigenvalue weighted by Crippen LogP contribution is 2.23. The molecule has 1 atom stereocenters. The van der Waals surface area contributed by atoms with Crippen LogP contribution in [0.25, 0.3) is 0 Å². The molecular weight excluding hydrogens is 374 g/mol. The smallest absolute Gasteiger partial charge is 0.194 e. The third-order valence-corrected chi connectivity index (χ3v) is 5.14. The van der Waals surface area contributed by atoms with Crippen LogP contribution in [0.3, 0.4) is 0 Å². The van der Waals surface area contributed by atoms with Gasteiger partial charge in [-0.2, -0.15) is 0 Å². The normalized spacial score (nSPS) is 16.7. The quantitative estimate of drug-likeness (QED) is 0.569. The van der Waals surface area contributed by atoms with Gasteiger partial charge in [-0.1, -0.05) is 48.0 Å². The Balaban J connectivity index is 1.57. The van der Waals surface area contributed by atoms with Gasteiger partial charge in [0.1, 0.15) is 18.0 Å². The van der Waals surface area contributed by atoms with Crippen LogP contribution in [0.5, 0.6) is 5.75 Å². The van der Waals surface area contributed by atoms with Crippen molar-refractivity contribution in [1.29, 1.82) is 0 Å². The van der Waals surface area contributed by atoms with E-state index in [4.69, 9.17) is 16.3 Å². The van der Waals surface area contributed by atoms with Crippen LogP contribution >= 0.6 is 11.6 Å². The fourth-order valence-corrected chi connectivity index (χ4v) is 3.58. The fourth-order valence-electron chi connectivity index (χ4n) is 3.32. The Morgan fingerprint density at radius 1 is 1.18 bits per heavy atom. The molecule has 5 nitrogen and oxygen atoms in total. The van der Waals surface area contributed by atoms with Crippen LogP contribution in [0.4, 0.5) is 0 Å². The van der Waals surface area contributed by atoms with E-state index in [-0.39, 0.29) is 12.6 Å². The van der Waals surface area contributed by atoms with E-state index in [0.29, 0.717) is 10.6 Å². The number of likely N-dealkylation sites (tertiary alicyclic amines) is 1. The lowest BCUT2D eigenvalue weighted by atomic mass is 10.1. The second-order valence-electron chi connectivity index (χ2n) is 6.85. The molecule has 2 aromatic rings. The molecule has 0 aromatic heterocycles. The van der Waals surface area contributed by atoms with E-state index in [1.165, 1.54) is 0 Å². The van der Waals surface area contributed by atoms with Crippen LogP contribution in [0, 0.1) is 0 Å². The second-order valence-corrected chi connectivity index (χ2v) is 7.26. The van der Waals surface area contributed by atoms with Gasteiger partial charge in [0.2, 0.25) is 0 Å². The number of ether oxygens (including phenoxy) is 1. The Morgan fingerprint density at radius 2 is 1.86 bits per heavy atom. The van der Waals surface area contributed by atoms with Crippen LogP contribution in [-0.2, 0) is 0 Å². The minimum Gasteiger partial charge on any atom is -0.490 e. The monoisotopic (exact) mass is 401 g/mol. The number of halogens is 1. The third-order valence-electron chi connectivity index (χ3n) is 4.80. The van der Waals surface area contributed by atoms with Crippen molar-refractivity contribution in [3.8, 4) is 5.75 Å². The number of piperidine rings is 1. The number of benzene rings is 2. The number of nitrogens with one attached hydrogen (secondary N) is 1. The number of aliphatic hydroxyl groups is 1. The summed E-state index contributed by atoms with van der Waals surface area (Å²) in [6.45, 7) is 4.83. The summed E-state index contributed by atoms with van der Waals surface area (Å²) in [6, 6.07) is 17.3. The summed E-state index contributed by atoms with van der Waals surface area (Å²) >= 11 is 6.18. The first kappa shape index (κ1) is 20.5. The number of hydrogen-bond donors (Lipinski definition) is 2. The molecular formula is C22H28ClN3O2. The van der Waals surface area contributed by atoms with Gasteiger partial charge >= 0.3 is 0 Å². The molecule has 2 N–H and O–H groups in total. The highest BCUT2D eigenvalue weighted by atomic mass is 35.5. The van der Waals surface area contributed by atoms with Crippen LogP contribution in [-0.4, -0.2) is 48.2 Å². The first-order valence-electron chi connectivity index (χ1n) is 9.85. The molecule has 1 saturated heterocycles. The molecule has 1 fully saturated rings. The number of para-hydroxylation sites is 1. The first-order chi connectivity index (χ1) is 13.7. The highest BCUT2D eigenvalue weighted by molar-refractivity contribution is 6.31. The van der Waals surface area contributed by atoms with Crippen molar-refractivity contribution >= 4 is 17.6 Å². The van der Waals surface area contributed by atoms with E-state index < -0.39 is 6.10 Å². The maximum absolute atomic E-state index is 10.5. The third kappa shape index (κ3) is 5.63. The molecule has 28 heavy (non-hydrogen) atoms. The van der Waals surface area contributed by atoms with Crippen LogP contribution in [0.2, 0.25) is 5.02 Å². The Bertz CT molecular complexity index is 761. The predicted octanol–water partition coefficient (Wildman–Crippen LogP) is 3.88. The number of guanidine groups is 1. The summed E-state index contributed by atoms with van der Waals surface area (Å²) in [7, 11) is 0. The number of hydrogen-bond acceptors (Lipinski definition) is 3. The van der Waals surface area contributed by atoms with E-state index in [2.05, 4.69) is 15.2 Å². The van der Waals surface area contributed by atoms with Gasteiger partial charge in [0, 0.05) is 43.1 Å². The van der Waals surface area contributed by atoms with Gasteiger partial charge in [0.25, 0.3) is 0 Å². The van der Waals surface area contributed by atoms with Gasteiger partial charge < -0.3 is 20.1 Å². The summed E-state index contributed by atoms with van der Waals surface area (Å²) in [6.07, 6.45) is 1.37. The average molecular weight is 402 g/mol. The maximum Gasteiger partial charge on any atom is 0.194 e. The van der Waals surface area contributed by atoms with Gasteiger partial charge in [0.05, 0.1) is 6.54 Å². The highest BCUT2D eigenvalue weighted by Gasteiger charge is 2.23. The molecule has 1 aliphatic rings. The molecule has 3 rings (SSSR count). The molecule has 150 valence electrons. The minimum atomic E-state index is -0.721. The fraction of sp³-hybridized carbons (Fsp3) is 0.409. The number of aliphatic hydroxyl groups excluding tert-OH is 1. The summed E-state index contributed by atoms with van der Waals surface area (Å²) < 4.78 is 6.07. The lowest BCUT2D eigenvalue weighted by molar-refractivity contribution is 0.129. The Morgan fingerprint density at radius 3 is 2.54 bits per heavy atom. The van der Waals surface area contributed by atoms with Crippen molar-refractivity contribution in [2.75, 3.05) is 26.2 Å². The SMILES string of the molecule is CCNC(=NCC(O)c1ccccc1Cl)N1CCC(Oc2ccccc2)CC1. The van der Waals surface area contributed by atoms with Gasteiger partial charge in [-0.05, 0) is 25.1 Å². The van der Waals surface area contributed by atoms with Gasteiger partial charge in [-0.25, -0.2) is 0 Å². The van der Waals surface area contributed by atoms with Gasteiger partial charge in [-0.3, -0.25) is 4.99 Å². The van der Waals surface area contributed by atoms with Crippen molar-refractivity contribution in [3.05, 3.63) is 65.2 Å². The molecule has 0 spiro atoms. The zero-order valence-corrected chi connectivity index (χ0v) is 17.0. The Hall–Kier alpha value is -2.24. The van der Waals surface area contributed by atoms with Gasteiger partial charge in [0.15, 0.2) is 5.96 Å². The maximum atomic E-state index is 10.5. The molecule has 1 unspecified atom stereocenters. The summed E-state index contributed by atoms with van der Waals surface area (Å²) in [4.78, 5) is 6.88. The number of nitrogens with zero attached hydrogens (tertiary/aromatic N) is 2. The van der Waals surface area contributed by atoms with Crippen LogP contribution in [0.1, 0.15) is 31.4 Å². The molecule has 6 heteroatoms. The van der Waals surface area contributed by atoms with Crippen molar-refractivity contribution < 1.29 is 9.84 Å². The van der Waals surface area contributed by atoms with E-state index in [9.17, 15) is 5.11 Å². The Labute approximate surface area is 172 Å². The average Bonchev–Trinajstić information content (AvgIpc) is 2.73. The predicted molar refractivity (Wildman–Crippen MR) is 114 cm³/mol. The van der Waals surface area contributed by atoms with Gasteiger partial charge in [-0.15, -0.1) is 0 Å². The summed E-state index contributed by atoms with van der Waals surface area (Å²) in [5, 5.41) is 14.4. The van der Waals surface area contributed by atoms with E-state index in [1.807, 2.05) is 55.5 Å². The molecule has 1 heterocycles. The number of aliphatic imine (C=N–C) groups is 1. The molecule has 0 radical (unpaired) electrons. The number of rotatable bonds is 6. The molecule has 0 amide bonds. The zero-order valence-electron chi connectivity index (χ0n) is 16.2. The van der Waals surface area contributed by atoms with Crippen molar-refractivity contribution in [2.45, 2.75) is 32.0 Å². The van der Waals surface area contributed by atoms with Crippen LogP contribution in [0.15, 0.2) is 59.6 Å². The summed E-state index contributed by atoms with van der Waals surface area (Å²) in [5.41, 5.74) is 0.707. The van der Waals surface area contributed by atoms with Crippen molar-refractivity contribution in [3.63, 3.8) is 0 Å². The minimum absolute atomic E-state index is 0.218. The standard InChI is InChI=1S/C22H28ClN3O2/c1-2-24-22(25-16-21(27)19-10-6-7-11-20(19)23)26-14-12-18(13-15-26)28-17-8-4-3-5-9-17/h3-11,18,21,27H,2,12-16H2,1H3,(H,24,25). The molecule has 1 aliphatic heterocycles. The Kier molecular flexibility index (Phi) is 7.57. The molecule has 0 bridgehead atoms. The molecule has 0 aliphatic carbocycles. The summed E-state index contributed by atoms with van der Waals surface area (Å²) in [5.74, 6) is 1.75. The second kappa shape index (κ2) is 10.3. The van der Waals surface area contributed by atoms with Crippen molar-refractivity contribution in [2.24, 2.45) is 4.99 Å². The van der Waals surface area contributed by atoms with Crippen molar-refractivity contribution in [1.82, 2.24) is 10.2 Å². The van der Waals surface area contributed by atoms with Crippen LogP contribution < -0.4 is 10.1 Å². The molecule has 2 aromatic carbocycles. The van der Waals surface area contributed by atoms with E-state index in [0.717, 1.165) is 44.2 Å². The van der Waals surface area contributed by atoms with E-state index in [1.54, 1.807) is 6.07 Å². The first-order valence-corrected chi connectivity index (χ1v) is 10.2. The topological polar surface area (TPSA) is 57.1 Å². The molecule has 0 saturated carbocycles. The zero-order chi connectivity index (χ0) is 19.8. The van der Waals surface area contributed by atoms with E-state index >= 15 is 0 Å². The largest absolute Gasteiger partial charge is 0.490 e. The lowest BCUT2D eigenvalue weighted by Crippen LogP contribution is -2.47.